The molecule has 0 heterocycles. The highest BCUT2D eigenvalue weighted by Gasteiger charge is 2.06. The Morgan fingerprint density at radius 3 is 2.50 bits per heavy atom. The molecule has 22 heavy (non-hydrogen) atoms. The van der Waals surface area contributed by atoms with Crippen LogP contribution in [0.4, 0.5) is 0 Å². The zero-order chi connectivity index (χ0) is 15.8. The van der Waals surface area contributed by atoms with Crippen LogP contribution >= 0.6 is 11.8 Å². The van der Waals surface area contributed by atoms with E-state index in [4.69, 9.17) is 9.47 Å². The second kappa shape index (κ2) is 8.34. The number of methoxy groups -OCH3 is 2. The molecule has 0 unspecified atom stereocenters. The summed E-state index contributed by atoms with van der Waals surface area (Å²) in [4.78, 5) is 12.6. The van der Waals surface area contributed by atoms with Crippen molar-refractivity contribution in [1.82, 2.24) is 0 Å². The number of thioether (sulfide) groups is 1. The second-order valence-corrected chi connectivity index (χ2v) is 5.56. The molecule has 4 nitrogen and oxygen atoms in total. The van der Waals surface area contributed by atoms with Gasteiger partial charge in [-0.3, -0.25) is 0 Å². The Kier molecular flexibility index (Phi) is 6.15. The Labute approximate surface area is 134 Å². The monoisotopic (exact) mass is 318 g/mol. The standard InChI is InChI=1S/C17H18O4S/c1-19-14-6-8-16(9-7-14)22-11-10-21-15-5-3-4-13(12-15)17(18)20-2/h3-9,12H,10-11H2,1-2H3. The summed E-state index contributed by atoms with van der Waals surface area (Å²) in [5.41, 5.74) is 0.489. The Balaban J connectivity index is 1.79. The molecule has 0 aliphatic heterocycles. The van der Waals surface area contributed by atoms with E-state index in [1.807, 2.05) is 30.3 Å². The lowest BCUT2D eigenvalue weighted by molar-refractivity contribution is 0.0600. The fourth-order valence-corrected chi connectivity index (χ4v) is 2.55. The number of hydrogen-bond donors (Lipinski definition) is 0. The van der Waals surface area contributed by atoms with Gasteiger partial charge in [0, 0.05) is 10.6 Å². The molecule has 0 aliphatic carbocycles. The molecule has 0 fully saturated rings. The van der Waals surface area contributed by atoms with Crippen LogP contribution in [0.3, 0.4) is 0 Å². The summed E-state index contributed by atoms with van der Waals surface area (Å²) in [6.07, 6.45) is 0. The van der Waals surface area contributed by atoms with Gasteiger partial charge in [0.15, 0.2) is 0 Å². The normalized spacial score (nSPS) is 10.1. The molecular weight excluding hydrogens is 300 g/mol. The lowest BCUT2D eigenvalue weighted by Gasteiger charge is -2.07. The van der Waals surface area contributed by atoms with Crippen molar-refractivity contribution >= 4 is 17.7 Å². The largest absolute Gasteiger partial charge is 0.497 e. The van der Waals surface area contributed by atoms with Crippen LogP contribution in [0.2, 0.25) is 0 Å². The molecule has 5 heteroatoms. The van der Waals surface area contributed by atoms with Gasteiger partial charge in [-0.05, 0) is 42.5 Å². The van der Waals surface area contributed by atoms with E-state index in [0.29, 0.717) is 17.9 Å². The van der Waals surface area contributed by atoms with Crippen molar-refractivity contribution in [2.24, 2.45) is 0 Å². The zero-order valence-corrected chi connectivity index (χ0v) is 13.4. The predicted molar refractivity (Wildman–Crippen MR) is 87.0 cm³/mol. The van der Waals surface area contributed by atoms with Gasteiger partial charge in [0.25, 0.3) is 0 Å². The highest BCUT2D eigenvalue weighted by Crippen LogP contribution is 2.21. The first-order valence-electron chi connectivity index (χ1n) is 6.81. The van der Waals surface area contributed by atoms with Crippen molar-refractivity contribution < 1.29 is 19.0 Å². The minimum Gasteiger partial charge on any atom is -0.497 e. The average molecular weight is 318 g/mol. The number of ether oxygens (including phenoxy) is 3. The molecule has 0 aliphatic rings. The van der Waals surface area contributed by atoms with Crippen LogP contribution in [0.5, 0.6) is 11.5 Å². The van der Waals surface area contributed by atoms with Crippen molar-refractivity contribution in [3.8, 4) is 11.5 Å². The van der Waals surface area contributed by atoms with Gasteiger partial charge in [-0.1, -0.05) is 6.07 Å². The first-order chi connectivity index (χ1) is 10.7. The summed E-state index contributed by atoms with van der Waals surface area (Å²) < 4.78 is 15.5. The van der Waals surface area contributed by atoms with Gasteiger partial charge in [0.2, 0.25) is 0 Å². The highest BCUT2D eigenvalue weighted by atomic mass is 32.2. The van der Waals surface area contributed by atoms with Crippen LogP contribution in [0, 0.1) is 0 Å². The van der Waals surface area contributed by atoms with Crippen LogP contribution in [-0.2, 0) is 4.74 Å². The summed E-state index contributed by atoms with van der Waals surface area (Å²) in [6.45, 7) is 0.557. The third-order valence-corrected chi connectivity index (χ3v) is 3.91. The molecule has 0 saturated carbocycles. The quantitative estimate of drug-likeness (QED) is 0.443. The van der Waals surface area contributed by atoms with Crippen molar-refractivity contribution in [3.05, 3.63) is 54.1 Å². The third kappa shape index (κ3) is 4.70. The summed E-state index contributed by atoms with van der Waals surface area (Å²) in [7, 11) is 3.01. The Hall–Kier alpha value is -2.14. The van der Waals surface area contributed by atoms with Gasteiger partial charge < -0.3 is 14.2 Å². The molecule has 0 radical (unpaired) electrons. The minimum atomic E-state index is -0.363. The zero-order valence-electron chi connectivity index (χ0n) is 12.6. The van der Waals surface area contributed by atoms with E-state index in [1.54, 1.807) is 37.1 Å². The number of rotatable bonds is 7. The van der Waals surface area contributed by atoms with E-state index < -0.39 is 0 Å². The van der Waals surface area contributed by atoms with Crippen LogP contribution in [0.1, 0.15) is 10.4 Å². The smallest absolute Gasteiger partial charge is 0.337 e. The molecule has 0 spiro atoms. The summed E-state index contributed by atoms with van der Waals surface area (Å²) in [5, 5.41) is 0. The molecule has 0 bridgehead atoms. The van der Waals surface area contributed by atoms with Gasteiger partial charge >= 0.3 is 5.97 Å². The maximum atomic E-state index is 11.4. The van der Waals surface area contributed by atoms with Gasteiger partial charge in [-0.2, -0.15) is 0 Å². The fourth-order valence-electron chi connectivity index (χ4n) is 1.82. The lowest BCUT2D eigenvalue weighted by atomic mass is 10.2. The molecule has 2 rings (SSSR count). The third-order valence-electron chi connectivity index (χ3n) is 2.94. The summed E-state index contributed by atoms with van der Waals surface area (Å²) >= 11 is 1.70. The predicted octanol–water partition coefficient (Wildman–Crippen LogP) is 3.65. The molecule has 2 aromatic carbocycles. The molecule has 0 aromatic heterocycles. The van der Waals surface area contributed by atoms with Crippen LogP contribution in [0.15, 0.2) is 53.4 Å². The van der Waals surface area contributed by atoms with Crippen LogP contribution < -0.4 is 9.47 Å². The summed E-state index contributed by atoms with van der Waals surface area (Å²) in [5.74, 6) is 1.96. The molecule has 0 amide bonds. The van der Waals surface area contributed by atoms with Crippen molar-refractivity contribution in [3.63, 3.8) is 0 Å². The Bertz CT molecular complexity index is 610. The van der Waals surface area contributed by atoms with Crippen LogP contribution in [-0.4, -0.2) is 32.5 Å². The van der Waals surface area contributed by atoms with E-state index in [2.05, 4.69) is 4.74 Å². The number of carbonyl (C=O) groups is 1. The number of benzene rings is 2. The van der Waals surface area contributed by atoms with E-state index in [-0.39, 0.29) is 5.97 Å². The van der Waals surface area contributed by atoms with Crippen molar-refractivity contribution in [1.29, 1.82) is 0 Å². The Morgan fingerprint density at radius 1 is 1.05 bits per heavy atom. The molecule has 0 atom stereocenters. The number of esters is 1. The van der Waals surface area contributed by atoms with Gasteiger partial charge in [0.1, 0.15) is 11.5 Å². The average Bonchev–Trinajstić information content (AvgIpc) is 2.59. The SMILES string of the molecule is COC(=O)c1cccc(OCCSc2ccc(OC)cc2)c1. The van der Waals surface area contributed by atoms with E-state index in [9.17, 15) is 4.79 Å². The van der Waals surface area contributed by atoms with E-state index >= 15 is 0 Å². The number of carbonyl (C=O) groups excluding carboxylic acids is 1. The Morgan fingerprint density at radius 2 is 1.82 bits per heavy atom. The maximum absolute atomic E-state index is 11.4. The summed E-state index contributed by atoms with van der Waals surface area (Å²) in [6, 6.07) is 14.9. The number of hydrogen-bond acceptors (Lipinski definition) is 5. The van der Waals surface area contributed by atoms with Crippen LogP contribution in [0.25, 0.3) is 0 Å². The molecular formula is C17H18O4S. The van der Waals surface area contributed by atoms with Gasteiger partial charge in [-0.15, -0.1) is 11.8 Å². The fraction of sp³-hybridized carbons (Fsp3) is 0.235. The molecule has 0 saturated heterocycles. The topological polar surface area (TPSA) is 44.8 Å². The first-order valence-corrected chi connectivity index (χ1v) is 7.79. The van der Waals surface area contributed by atoms with Gasteiger partial charge in [-0.25, -0.2) is 4.79 Å². The van der Waals surface area contributed by atoms with E-state index in [1.165, 1.54) is 7.11 Å². The van der Waals surface area contributed by atoms with Gasteiger partial charge in [0.05, 0.1) is 26.4 Å². The maximum Gasteiger partial charge on any atom is 0.337 e. The van der Waals surface area contributed by atoms with Crippen molar-refractivity contribution in [2.45, 2.75) is 4.90 Å². The van der Waals surface area contributed by atoms with Crippen molar-refractivity contribution in [2.75, 3.05) is 26.6 Å². The lowest BCUT2D eigenvalue weighted by Crippen LogP contribution is -2.03. The highest BCUT2D eigenvalue weighted by molar-refractivity contribution is 7.99. The molecule has 2 aromatic rings. The second-order valence-electron chi connectivity index (χ2n) is 4.39. The molecule has 0 N–H and O–H groups in total. The first kappa shape index (κ1) is 16.2. The molecule has 116 valence electrons. The van der Waals surface area contributed by atoms with E-state index in [0.717, 1.165) is 16.4 Å². The minimum absolute atomic E-state index is 0.363.